The highest BCUT2D eigenvalue weighted by atomic mass is 16.5. The molecule has 0 heterocycles. The van der Waals surface area contributed by atoms with Crippen molar-refractivity contribution < 1.29 is 19.4 Å². The van der Waals surface area contributed by atoms with E-state index in [0.717, 1.165) is 32.3 Å². The molecule has 6 heteroatoms. The van der Waals surface area contributed by atoms with Gasteiger partial charge in [-0.05, 0) is 32.6 Å². The number of carbonyl (C=O) groups excluding carboxylic acids is 1. The van der Waals surface area contributed by atoms with Crippen molar-refractivity contribution in [1.29, 1.82) is 0 Å². The van der Waals surface area contributed by atoms with Crippen molar-refractivity contribution in [3.63, 3.8) is 0 Å². The number of urea groups is 1. The van der Waals surface area contributed by atoms with Gasteiger partial charge in [0.2, 0.25) is 0 Å². The molecule has 112 valence electrons. The molecule has 0 saturated carbocycles. The van der Waals surface area contributed by atoms with E-state index in [1.807, 2.05) is 13.8 Å². The lowest BCUT2D eigenvalue weighted by atomic mass is 10.2. The molecule has 2 amide bonds. The maximum atomic E-state index is 11.9. The number of hydrogen-bond acceptors (Lipinski definition) is 3. The van der Waals surface area contributed by atoms with Gasteiger partial charge in [0.05, 0.1) is 0 Å². The van der Waals surface area contributed by atoms with E-state index in [9.17, 15) is 9.59 Å². The van der Waals surface area contributed by atoms with Crippen molar-refractivity contribution in [2.24, 2.45) is 0 Å². The van der Waals surface area contributed by atoms with Crippen LogP contribution in [0.15, 0.2) is 0 Å². The van der Waals surface area contributed by atoms with Crippen LogP contribution in [-0.2, 0) is 9.53 Å². The number of amides is 2. The SMILES string of the molecule is CCC(C)N(CC(=O)O)C(=O)NCCCCCOC. The molecule has 2 N–H and O–H groups in total. The number of aliphatic carboxylic acids is 1. The Morgan fingerprint density at radius 3 is 2.53 bits per heavy atom. The Morgan fingerprint density at radius 1 is 1.32 bits per heavy atom. The van der Waals surface area contributed by atoms with Gasteiger partial charge in [-0.15, -0.1) is 0 Å². The summed E-state index contributed by atoms with van der Waals surface area (Å²) in [6.45, 7) is 4.81. The predicted molar refractivity (Wildman–Crippen MR) is 73.2 cm³/mol. The number of ether oxygens (including phenoxy) is 1. The van der Waals surface area contributed by atoms with Gasteiger partial charge < -0.3 is 20.1 Å². The van der Waals surface area contributed by atoms with Gasteiger partial charge in [0.25, 0.3) is 0 Å². The van der Waals surface area contributed by atoms with E-state index in [2.05, 4.69) is 5.32 Å². The average molecular weight is 274 g/mol. The third-order valence-corrected chi connectivity index (χ3v) is 2.99. The first kappa shape index (κ1) is 17.7. The van der Waals surface area contributed by atoms with Gasteiger partial charge in [-0.25, -0.2) is 4.79 Å². The van der Waals surface area contributed by atoms with Crippen molar-refractivity contribution in [2.75, 3.05) is 26.8 Å². The molecule has 1 unspecified atom stereocenters. The molecule has 0 aromatic rings. The van der Waals surface area contributed by atoms with Crippen LogP contribution in [0.25, 0.3) is 0 Å². The zero-order chi connectivity index (χ0) is 14.7. The molecule has 0 aliphatic carbocycles. The summed E-state index contributed by atoms with van der Waals surface area (Å²) in [7, 11) is 1.66. The van der Waals surface area contributed by atoms with Crippen molar-refractivity contribution in [2.45, 2.75) is 45.6 Å². The maximum Gasteiger partial charge on any atom is 0.323 e. The molecule has 0 bridgehead atoms. The summed E-state index contributed by atoms with van der Waals surface area (Å²) in [5.74, 6) is -0.990. The van der Waals surface area contributed by atoms with Crippen LogP contribution in [0.4, 0.5) is 4.79 Å². The van der Waals surface area contributed by atoms with Crippen molar-refractivity contribution in [3.8, 4) is 0 Å². The van der Waals surface area contributed by atoms with E-state index in [4.69, 9.17) is 9.84 Å². The van der Waals surface area contributed by atoms with E-state index < -0.39 is 5.97 Å². The molecule has 0 aliphatic rings. The Labute approximate surface area is 115 Å². The number of unbranched alkanes of at least 4 members (excludes halogenated alkanes) is 2. The van der Waals surface area contributed by atoms with Crippen LogP contribution >= 0.6 is 0 Å². The first-order valence-electron chi connectivity index (χ1n) is 6.78. The predicted octanol–water partition coefficient (Wildman–Crippen LogP) is 1.70. The molecule has 0 aromatic carbocycles. The molecule has 6 nitrogen and oxygen atoms in total. The van der Waals surface area contributed by atoms with Gasteiger partial charge >= 0.3 is 12.0 Å². The van der Waals surface area contributed by atoms with Gasteiger partial charge in [-0.3, -0.25) is 4.79 Å². The third kappa shape index (κ3) is 8.42. The largest absolute Gasteiger partial charge is 0.480 e. The lowest BCUT2D eigenvalue weighted by molar-refractivity contribution is -0.138. The van der Waals surface area contributed by atoms with Crippen LogP contribution in [0.3, 0.4) is 0 Å². The van der Waals surface area contributed by atoms with Crippen molar-refractivity contribution >= 4 is 12.0 Å². The van der Waals surface area contributed by atoms with E-state index in [0.29, 0.717) is 6.54 Å². The minimum absolute atomic E-state index is 0.0791. The fourth-order valence-corrected chi connectivity index (χ4v) is 1.64. The van der Waals surface area contributed by atoms with Crippen LogP contribution in [0.1, 0.15) is 39.5 Å². The normalized spacial score (nSPS) is 11.9. The van der Waals surface area contributed by atoms with E-state index >= 15 is 0 Å². The fourth-order valence-electron chi connectivity index (χ4n) is 1.64. The second-order valence-corrected chi connectivity index (χ2v) is 4.56. The Morgan fingerprint density at radius 2 is 2.00 bits per heavy atom. The molecular formula is C13H26N2O4. The Kier molecular flexibility index (Phi) is 9.88. The lowest BCUT2D eigenvalue weighted by Crippen LogP contribution is -2.47. The van der Waals surface area contributed by atoms with Crippen LogP contribution in [0, 0.1) is 0 Å². The van der Waals surface area contributed by atoms with Gasteiger partial charge in [0, 0.05) is 26.3 Å². The van der Waals surface area contributed by atoms with Gasteiger partial charge in [0.1, 0.15) is 6.54 Å². The number of methoxy groups -OCH3 is 1. The molecule has 0 aromatic heterocycles. The number of rotatable bonds is 10. The number of carbonyl (C=O) groups is 2. The third-order valence-electron chi connectivity index (χ3n) is 2.99. The quantitative estimate of drug-likeness (QED) is 0.594. The lowest BCUT2D eigenvalue weighted by Gasteiger charge is -2.27. The highest BCUT2D eigenvalue weighted by Crippen LogP contribution is 2.04. The number of nitrogens with zero attached hydrogens (tertiary/aromatic N) is 1. The minimum atomic E-state index is -0.990. The summed E-state index contributed by atoms with van der Waals surface area (Å²) < 4.78 is 4.94. The summed E-state index contributed by atoms with van der Waals surface area (Å²) in [6.07, 6.45) is 3.55. The maximum absolute atomic E-state index is 11.9. The highest BCUT2D eigenvalue weighted by molar-refractivity contribution is 5.80. The van der Waals surface area contributed by atoms with Gasteiger partial charge in [-0.2, -0.15) is 0 Å². The summed E-state index contributed by atoms with van der Waals surface area (Å²) in [5.41, 5.74) is 0. The van der Waals surface area contributed by atoms with Crippen LogP contribution in [0.5, 0.6) is 0 Å². The summed E-state index contributed by atoms with van der Waals surface area (Å²) in [6, 6.07) is -0.381. The highest BCUT2D eigenvalue weighted by Gasteiger charge is 2.20. The zero-order valence-electron chi connectivity index (χ0n) is 12.1. The van der Waals surface area contributed by atoms with Crippen LogP contribution in [-0.4, -0.2) is 54.9 Å². The van der Waals surface area contributed by atoms with E-state index in [-0.39, 0.29) is 18.6 Å². The standard InChI is InChI=1S/C13H26N2O4/c1-4-11(2)15(10-12(16)17)13(18)14-8-6-5-7-9-19-3/h11H,4-10H2,1-3H3,(H,14,18)(H,16,17). The molecular weight excluding hydrogens is 248 g/mol. The Hall–Kier alpha value is -1.30. The van der Waals surface area contributed by atoms with Crippen LogP contribution in [0.2, 0.25) is 0 Å². The molecule has 0 fully saturated rings. The molecule has 19 heavy (non-hydrogen) atoms. The first-order chi connectivity index (χ1) is 9.02. The smallest absolute Gasteiger partial charge is 0.323 e. The molecule has 1 atom stereocenters. The topological polar surface area (TPSA) is 78.9 Å². The molecule has 0 radical (unpaired) electrons. The second-order valence-electron chi connectivity index (χ2n) is 4.56. The Balaban J connectivity index is 4.00. The van der Waals surface area contributed by atoms with Gasteiger partial charge in [0.15, 0.2) is 0 Å². The average Bonchev–Trinajstić information content (AvgIpc) is 2.38. The van der Waals surface area contributed by atoms with Crippen molar-refractivity contribution in [3.05, 3.63) is 0 Å². The van der Waals surface area contributed by atoms with E-state index in [1.165, 1.54) is 4.90 Å². The molecule has 0 aliphatic heterocycles. The van der Waals surface area contributed by atoms with E-state index in [1.54, 1.807) is 7.11 Å². The summed E-state index contributed by atoms with van der Waals surface area (Å²) in [5, 5.41) is 11.6. The first-order valence-corrected chi connectivity index (χ1v) is 6.78. The monoisotopic (exact) mass is 274 g/mol. The number of nitrogens with one attached hydrogen (secondary N) is 1. The summed E-state index contributed by atoms with van der Waals surface area (Å²) >= 11 is 0. The molecule has 0 saturated heterocycles. The molecule has 0 spiro atoms. The number of hydrogen-bond donors (Lipinski definition) is 2. The minimum Gasteiger partial charge on any atom is -0.480 e. The van der Waals surface area contributed by atoms with Crippen molar-refractivity contribution in [1.82, 2.24) is 10.2 Å². The fraction of sp³-hybridized carbons (Fsp3) is 0.846. The Bertz CT molecular complexity index is 271. The zero-order valence-corrected chi connectivity index (χ0v) is 12.1. The number of carboxylic acids is 1. The number of carboxylic acid groups (broad SMARTS) is 1. The molecule has 0 rings (SSSR count). The summed E-state index contributed by atoms with van der Waals surface area (Å²) in [4.78, 5) is 24.0. The van der Waals surface area contributed by atoms with Crippen LogP contribution < -0.4 is 5.32 Å². The van der Waals surface area contributed by atoms with Gasteiger partial charge in [-0.1, -0.05) is 6.92 Å². The second kappa shape index (κ2) is 10.6.